The van der Waals surface area contributed by atoms with Crippen LogP contribution in [0.5, 0.6) is 0 Å². The Bertz CT molecular complexity index is 323. The molecule has 1 aromatic rings. The minimum Gasteiger partial charge on any atom is -0.330 e. The van der Waals surface area contributed by atoms with Gasteiger partial charge in [-0.25, -0.2) is 4.98 Å². The maximum atomic E-state index is 5.87. The standard InChI is InChI=1S/C11H19N3S/c1-14(2)6-10-13-9(7-15-10)11(8-12)4-3-5-11/h7H,3-6,8,12H2,1-2H3. The van der Waals surface area contributed by atoms with Crippen molar-refractivity contribution in [2.45, 2.75) is 31.2 Å². The molecule has 1 saturated carbocycles. The molecule has 1 aliphatic rings. The van der Waals surface area contributed by atoms with Crippen molar-refractivity contribution in [2.24, 2.45) is 5.73 Å². The zero-order valence-electron chi connectivity index (χ0n) is 9.49. The van der Waals surface area contributed by atoms with E-state index in [0.717, 1.165) is 13.1 Å². The van der Waals surface area contributed by atoms with Crippen molar-refractivity contribution < 1.29 is 0 Å². The first kappa shape index (κ1) is 11.0. The molecule has 1 aliphatic carbocycles. The molecular weight excluding hydrogens is 206 g/mol. The molecule has 0 unspecified atom stereocenters. The summed E-state index contributed by atoms with van der Waals surface area (Å²) >= 11 is 1.76. The van der Waals surface area contributed by atoms with Crippen LogP contribution in [-0.4, -0.2) is 30.5 Å². The molecule has 1 fully saturated rings. The van der Waals surface area contributed by atoms with Gasteiger partial charge in [-0.1, -0.05) is 6.42 Å². The molecule has 15 heavy (non-hydrogen) atoms. The third kappa shape index (κ3) is 2.07. The van der Waals surface area contributed by atoms with Crippen LogP contribution in [0.3, 0.4) is 0 Å². The van der Waals surface area contributed by atoms with Crippen LogP contribution in [-0.2, 0) is 12.0 Å². The van der Waals surface area contributed by atoms with Crippen LogP contribution in [0.2, 0.25) is 0 Å². The quantitative estimate of drug-likeness (QED) is 0.846. The number of hydrogen-bond donors (Lipinski definition) is 1. The van der Waals surface area contributed by atoms with Gasteiger partial charge in [-0.2, -0.15) is 0 Å². The van der Waals surface area contributed by atoms with Crippen LogP contribution in [0.15, 0.2) is 5.38 Å². The Morgan fingerprint density at radius 3 is 2.73 bits per heavy atom. The Hall–Kier alpha value is -0.450. The Kier molecular flexibility index (Phi) is 3.09. The van der Waals surface area contributed by atoms with E-state index in [1.54, 1.807) is 11.3 Å². The molecule has 0 aliphatic heterocycles. The fourth-order valence-corrected chi connectivity index (χ4v) is 3.10. The number of nitrogens with two attached hydrogens (primary N) is 1. The topological polar surface area (TPSA) is 42.2 Å². The van der Waals surface area contributed by atoms with Gasteiger partial charge in [0.15, 0.2) is 0 Å². The molecule has 84 valence electrons. The van der Waals surface area contributed by atoms with Gasteiger partial charge in [-0.05, 0) is 26.9 Å². The van der Waals surface area contributed by atoms with Gasteiger partial charge in [-0.15, -0.1) is 11.3 Å². The summed E-state index contributed by atoms with van der Waals surface area (Å²) in [4.78, 5) is 6.86. The maximum absolute atomic E-state index is 5.87. The van der Waals surface area contributed by atoms with Crippen molar-refractivity contribution in [1.29, 1.82) is 0 Å². The van der Waals surface area contributed by atoms with Crippen molar-refractivity contribution in [3.8, 4) is 0 Å². The zero-order valence-corrected chi connectivity index (χ0v) is 10.3. The fraction of sp³-hybridized carbons (Fsp3) is 0.727. The van der Waals surface area contributed by atoms with Crippen LogP contribution in [0.25, 0.3) is 0 Å². The fourth-order valence-electron chi connectivity index (χ4n) is 2.07. The van der Waals surface area contributed by atoms with E-state index in [1.807, 2.05) is 0 Å². The number of rotatable bonds is 4. The average molecular weight is 225 g/mol. The monoisotopic (exact) mass is 225 g/mol. The normalized spacial score (nSPS) is 19.2. The van der Waals surface area contributed by atoms with Gasteiger partial charge in [0.25, 0.3) is 0 Å². The predicted octanol–water partition coefficient (Wildman–Crippen LogP) is 1.59. The lowest BCUT2D eigenvalue weighted by molar-refractivity contribution is 0.246. The summed E-state index contributed by atoms with van der Waals surface area (Å²) < 4.78 is 0. The lowest BCUT2D eigenvalue weighted by atomic mass is 9.67. The summed E-state index contributed by atoms with van der Waals surface area (Å²) in [5.41, 5.74) is 7.32. The summed E-state index contributed by atoms with van der Waals surface area (Å²) in [5.74, 6) is 0. The lowest BCUT2D eigenvalue weighted by Gasteiger charge is -2.39. The molecule has 0 atom stereocenters. The zero-order chi connectivity index (χ0) is 10.9. The summed E-state index contributed by atoms with van der Waals surface area (Å²) in [6, 6.07) is 0. The van der Waals surface area contributed by atoms with Crippen LogP contribution in [0, 0.1) is 0 Å². The van der Waals surface area contributed by atoms with Crippen molar-refractivity contribution in [3.05, 3.63) is 16.1 Å². The van der Waals surface area contributed by atoms with Gasteiger partial charge >= 0.3 is 0 Å². The van der Waals surface area contributed by atoms with Crippen molar-refractivity contribution >= 4 is 11.3 Å². The predicted molar refractivity (Wildman–Crippen MR) is 64.1 cm³/mol. The van der Waals surface area contributed by atoms with Crippen molar-refractivity contribution in [1.82, 2.24) is 9.88 Å². The third-order valence-corrected chi connectivity index (χ3v) is 4.08. The van der Waals surface area contributed by atoms with Gasteiger partial charge in [0.05, 0.1) is 5.69 Å². The highest BCUT2D eigenvalue weighted by molar-refractivity contribution is 7.09. The van der Waals surface area contributed by atoms with Crippen molar-refractivity contribution in [2.75, 3.05) is 20.6 Å². The van der Waals surface area contributed by atoms with Gasteiger partial charge in [-0.3, -0.25) is 0 Å². The molecule has 0 bridgehead atoms. The summed E-state index contributed by atoms with van der Waals surface area (Å²) in [5, 5.41) is 3.40. The first-order chi connectivity index (χ1) is 7.16. The molecule has 0 aromatic carbocycles. The largest absolute Gasteiger partial charge is 0.330 e. The van der Waals surface area contributed by atoms with Gasteiger partial charge < -0.3 is 10.6 Å². The summed E-state index contributed by atoms with van der Waals surface area (Å²) in [7, 11) is 4.15. The lowest BCUT2D eigenvalue weighted by Crippen LogP contribution is -2.41. The average Bonchev–Trinajstić information content (AvgIpc) is 2.51. The minimum atomic E-state index is 0.223. The second-order valence-electron chi connectivity index (χ2n) is 4.70. The molecule has 0 saturated heterocycles. The Morgan fingerprint density at radius 2 is 2.27 bits per heavy atom. The van der Waals surface area contributed by atoms with Crippen LogP contribution >= 0.6 is 11.3 Å². The SMILES string of the molecule is CN(C)Cc1nc(C2(CN)CCC2)cs1. The molecule has 0 spiro atoms. The number of hydrogen-bond acceptors (Lipinski definition) is 4. The molecule has 0 radical (unpaired) electrons. The van der Waals surface area contributed by atoms with Gasteiger partial charge in [0, 0.05) is 23.9 Å². The highest BCUT2D eigenvalue weighted by Gasteiger charge is 2.39. The highest BCUT2D eigenvalue weighted by Crippen LogP contribution is 2.42. The van der Waals surface area contributed by atoms with E-state index in [1.165, 1.54) is 30.0 Å². The second kappa shape index (κ2) is 4.20. The molecule has 2 rings (SSSR count). The molecule has 1 heterocycles. The van der Waals surface area contributed by atoms with Gasteiger partial charge in [0.1, 0.15) is 5.01 Å². The molecular formula is C11H19N3S. The summed E-state index contributed by atoms with van der Waals surface area (Å²) in [6.07, 6.45) is 3.74. The van der Waals surface area contributed by atoms with E-state index in [2.05, 4.69) is 24.4 Å². The Morgan fingerprint density at radius 1 is 1.53 bits per heavy atom. The van der Waals surface area contributed by atoms with Crippen LogP contribution < -0.4 is 5.73 Å². The maximum Gasteiger partial charge on any atom is 0.107 e. The van der Waals surface area contributed by atoms with Crippen molar-refractivity contribution in [3.63, 3.8) is 0 Å². The van der Waals surface area contributed by atoms with Crippen LogP contribution in [0.4, 0.5) is 0 Å². The van der Waals surface area contributed by atoms with E-state index in [9.17, 15) is 0 Å². The van der Waals surface area contributed by atoms with Gasteiger partial charge in [0.2, 0.25) is 0 Å². The van der Waals surface area contributed by atoms with Crippen LogP contribution in [0.1, 0.15) is 30.0 Å². The molecule has 1 aromatic heterocycles. The molecule has 3 nitrogen and oxygen atoms in total. The van der Waals surface area contributed by atoms with E-state index < -0.39 is 0 Å². The Labute approximate surface area is 95.3 Å². The Balaban J connectivity index is 2.12. The minimum absolute atomic E-state index is 0.223. The second-order valence-corrected chi connectivity index (χ2v) is 5.64. The smallest absolute Gasteiger partial charge is 0.107 e. The molecule has 4 heteroatoms. The molecule has 2 N–H and O–H groups in total. The van der Waals surface area contributed by atoms with E-state index in [0.29, 0.717) is 0 Å². The van der Waals surface area contributed by atoms with E-state index in [-0.39, 0.29) is 5.41 Å². The number of aromatic nitrogens is 1. The first-order valence-electron chi connectivity index (χ1n) is 5.46. The first-order valence-corrected chi connectivity index (χ1v) is 6.34. The number of thiazole rings is 1. The molecule has 0 amide bonds. The van der Waals surface area contributed by atoms with E-state index >= 15 is 0 Å². The van der Waals surface area contributed by atoms with E-state index in [4.69, 9.17) is 10.7 Å². The highest BCUT2D eigenvalue weighted by atomic mass is 32.1. The third-order valence-electron chi connectivity index (χ3n) is 3.25. The summed E-state index contributed by atoms with van der Waals surface area (Å²) in [6.45, 7) is 1.68. The number of nitrogens with zero attached hydrogens (tertiary/aromatic N) is 2.